The van der Waals surface area contributed by atoms with Crippen LogP contribution in [0.15, 0.2) is 42.5 Å². The Kier molecular flexibility index (Phi) is 4.54. The van der Waals surface area contributed by atoms with Gasteiger partial charge in [-0.1, -0.05) is 30.3 Å². The Morgan fingerprint density at radius 1 is 1.20 bits per heavy atom. The summed E-state index contributed by atoms with van der Waals surface area (Å²) < 4.78 is 52.4. The van der Waals surface area contributed by atoms with Crippen molar-refractivity contribution >= 4 is 5.91 Å². The first-order valence-electron chi connectivity index (χ1n) is 7.96. The number of carbonyl (C=O) groups is 1. The Balaban J connectivity index is 1.64. The van der Waals surface area contributed by atoms with Crippen LogP contribution in [0.25, 0.3) is 0 Å². The second kappa shape index (κ2) is 6.50. The lowest BCUT2D eigenvalue weighted by Gasteiger charge is -2.12. The van der Waals surface area contributed by atoms with E-state index in [1.807, 2.05) is 0 Å². The van der Waals surface area contributed by atoms with Gasteiger partial charge in [0.25, 0.3) is 0 Å². The minimum absolute atomic E-state index is 0.174. The molecule has 132 valence electrons. The number of amides is 1. The lowest BCUT2D eigenvalue weighted by Crippen LogP contribution is -2.25. The molecule has 1 N–H and O–H groups in total. The van der Waals surface area contributed by atoms with Gasteiger partial charge >= 0.3 is 6.18 Å². The van der Waals surface area contributed by atoms with Crippen LogP contribution in [0.5, 0.6) is 0 Å². The molecule has 2 atom stereocenters. The third-order valence-corrected chi connectivity index (χ3v) is 4.48. The van der Waals surface area contributed by atoms with Crippen LogP contribution in [0.1, 0.15) is 34.6 Å². The third-order valence-electron chi connectivity index (χ3n) is 4.48. The molecule has 0 aliphatic heterocycles. The molecule has 0 saturated heterocycles. The largest absolute Gasteiger partial charge is 0.416 e. The summed E-state index contributed by atoms with van der Waals surface area (Å²) in [5.41, 5.74) is 0.729. The van der Waals surface area contributed by atoms with E-state index in [0.29, 0.717) is 12.0 Å². The number of hydrogen-bond donors (Lipinski definition) is 1. The molecule has 1 fully saturated rings. The van der Waals surface area contributed by atoms with Gasteiger partial charge in [-0.15, -0.1) is 0 Å². The molecule has 25 heavy (non-hydrogen) atoms. The number of halogens is 4. The summed E-state index contributed by atoms with van der Waals surface area (Å²) >= 11 is 0. The van der Waals surface area contributed by atoms with E-state index in [4.69, 9.17) is 0 Å². The molecule has 1 saturated carbocycles. The van der Waals surface area contributed by atoms with Crippen LogP contribution in [-0.2, 0) is 17.5 Å². The van der Waals surface area contributed by atoms with Gasteiger partial charge in [0, 0.05) is 12.5 Å². The molecule has 0 aromatic heterocycles. The fraction of sp³-hybridized carbons (Fsp3) is 0.316. The van der Waals surface area contributed by atoms with Crippen LogP contribution in [0.2, 0.25) is 0 Å². The highest BCUT2D eigenvalue weighted by molar-refractivity contribution is 5.83. The molecule has 0 spiro atoms. The second-order valence-corrected chi connectivity index (χ2v) is 6.34. The topological polar surface area (TPSA) is 29.1 Å². The molecule has 2 aromatic rings. The summed E-state index contributed by atoms with van der Waals surface area (Å²) in [7, 11) is 0. The van der Waals surface area contributed by atoms with Crippen LogP contribution in [0, 0.1) is 18.7 Å². The van der Waals surface area contributed by atoms with Crippen molar-refractivity contribution in [2.75, 3.05) is 0 Å². The normalized spacial score (nSPS) is 19.6. The van der Waals surface area contributed by atoms with Gasteiger partial charge < -0.3 is 5.32 Å². The summed E-state index contributed by atoms with van der Waals surface area (Å²) in [6.07, 6.45) is -4.02. The SMILES string of the molecule is Cc1cc(CNC(=O)C2CC2c2ccccc2C(F)(F)F)ccc1F. The molecule has 2 unspecified atom stereocenters. The monoisotopic (exact) mass is 351 g/mol. The maximum atomic E-state index is 13.2. The zero-order valence-corrected chi connectivity index (χ0v) is 13.5. The lowest BCUT2D eigenvalue weighted by molar-refractivity contribution is -0.138. The molecule has 0 heterocycles. The standard InChI is InChI=1S/C19H17F4NO/c1-11-8-12(6-7-17(11)20)10-24-18(25)15-9-14(15)13-4-2-3-5-16(13)19(21,22)23/h2-8,14-15H,9-10H2,1H3,(H,24,25). The van der Waals surface area contributed by atoms with Crippen molar-refractivity contribution in [3.05, 3.63) is 70.5 Å². The zero-order chi connectivity index (χ0) is 18.2. The third kappa shape index (κ3) is 3.83. The van der Waals surface area contributed by atoms with E-state index in [0.717, 1.165) is 11.6 Å². The first kappa shape index (κ1) is 17.5. The van der Waals surface area contributed by atoms with E-state index in [2.05, 4.69) is 5.32 Å². The van der Waals surface area contributed by atoms with Crippen molar-refractivity contribution in [2.24, 2.45) is 5.92 Å². The van der Waals surface area contributed by atoms with E-state index < -0.39 is 23.6 Å². The van der Waals surface area contributed by atoms with Gasteiger partial charge in [0.15, 0.2) is 0 Å². The van der Waals surface area contributed by atoms with Gasteiger partial charge in [0.1, 0.15) is 5.82 Å². The van der Waals surface area contributed by atoms with Crippen LogP contribution in [-0.4, -0.2) is 5.91 Å². The van der Waals surface area contributed by atoms with Crippen molar-refractivity contribution < 1.29 is 22.4 Å². The Labute approximate surface area is 142 Å². The number of nitrogens with one attached hydrogen (secondary N) is 1. The van der Waals surface area contributed by atoms with Crippen LogP contribution in [0.4, 0.5) is 17.6 Å². The fourth-order valence-corrected chi connectivity index (χ4v) is 3.04. The summed E-state index contributed by atoms with van der Waals surface area (Å²) in [6, 6.07) is 9.93. The molecule has 3 rings (SSSR count). The highest BCUT2D eigenvalue weighted by Crippen LogP contribution is 2.51. The first-order chi connectivity index (χ1) is 11.8. The maximum absolute atomic E-state index is 13.2. The van der Waals surface area contributed by atoms with Gasteiger partial charge in [-0.25, -0.2) is 4.39 Å². The van der Waals surface area contributed by atoms with E-state index in [1.54, 1.807) is 25.1 Å². The van der Waals surface area contributed by atoms with Crippen molar-refractivity contribution in [1.29, 1.82) is 0 Å². The Morgan fingerprint density at radius 2 is 1.92 bits per heavy atom. The number of hydrogen-bond acceptors (Lipinski definition) is 1. The quantitative estimate of drug-likeness (QED) is 0.803. The van der Waals surface area contributed by atoms with Gasteiger partial charge in [-0.3, -0.25) is 4.79 Å². The van der Waals surface area contributed by atoms with E-state index >= 15 is 0 Å². The lowest BCUT2D eigenvalue weighted by atomic mass is 10.0. The van der Waals surface area contributed by atoms with Crippen molar-refractivity contribution in [3.8, 4) is 0 Å². The number of aryl methyl sites for hydroxylation is 1. The molecule has 6 heteroatoms. The Bertz CT molecular complexity index is 800. The molecule has 1 aliphatic rings. The number of rotatable bonds is 4. The van der Waals surface area contributed by atoms with Gasteiger partial charge in [0.05, 0.1) is 5.56 Å². The Morgan fingerprint density at radius 3 is 2.60 bits per heavy atom. The summed E-state index contributed by atoms with van der Waals surface area (Å²) in [6.45, 7) is 1.86. The minimum atomic E-state index is -4.42. The van der Waals surface area contributed by atoms with Gasteiger partial charge in [0.2, 0.25) is 5.91 Å². The van der Waals surface area contributed by atoms with Gasteiger partial charge in [-0.2, -0.15) is 13.2 Å². The second-order valence-electron chi connectivity index (χ2n) is 6.34. The fourth-order valence-electron chi connectivity index (χ4n) is 3.04. The average molecular weight is 351 g/mol. The average Bonchev–Trinajstić information content (AvgIpc) is 3.35. The molecular formula is C19H17F4NO. The van der Waals surface area contributed by atoms with E-state index in [9.17, 15) is 22.4 Å². The van der Waals surface area contributed by atoms with Crippen molar-refractivity contribution in [2.45, 2.75) is 32.0 Å². The highest BCUT2D eigenvalue weighted by atomic mass is 19.4. The summed E-state index contributed by atoms with van der Waals surface area (Å²) in [4.78, 5) is 12.2. The maximum Gasteiger partial charge on any atom is 0.416 e. The smallest absolute Gasteiger partial charge is 0.352 e. The Hall–Kier alpha value is -2.37. The van der Waals surface area contributed by atoms with Crippen LogP contribution >= 0.6 is 0 Å². The minimum Gasteiger partial charge on any atom is -0.352 e. The van der Waals surface area contributed by atoms with Crippen molar-refractivity contribution in [3.63, 3.8) is 0 Å². The number of benzene rings is 2. The predicted molar refractivity (Wildman–Crippen MR) is 85.3 cm³/mol. The number of alkyl halides is 3. The van der Waals surface area contributed by atoms with E-state index in [-0.39, 0.29) is 23.8 Å². The molecule has 0 bridgehead atoms. The molecule has 2 aromatic carbocycles. The van der Waals surface area contributed by atoms with Crippen molar-refractivity contribution in [1.82, 2.24) is 5.32 Å². The highest BCUT2D eigenvalue weighted by Gasteiger charge is 2.47. The zero-order valence-electron chi connectivity index (χ0n) is 13.5. The molecule has 0 radical (unpaired) electrons. The molecule has 2 nitrogen and oxygen atoms in total. The summed E-state index contributed by atoms with van der Waals surface area (Å²) in [5, 5.41) is 2.72. The van der Waals surface area contributed by atoms with Gasteiger partial charge in [-0.05, 0) is 48.1 Å². The van der Waals surface area contributed by atoms with Crippen LogP contribution < -0.4 is 5.32 Å². The number of carbonyl (C=O) groups excluding carboxylic acids is 1. The predicted octanol–water partition coefficient (Wildman–Crippen LogP) is 4.57. The first-order valence-corrected chi connectivity index (χ1v) is 7.96. The molecular weight excluding hydrogens is 334 g/mol. The van der Waals surface area contributed by atoms with E-state index in [1.165, 1.54) is 18.2 Å². The molecule has 1 aliphatic carbocycles. The van der Waals surface area contributed by atoms with Crippen LogP contribution in [0.3, 0.4) is 0 Å². The summed E-state index contributed by atoms with van der Waals surface area (Å²) in [5.74, 6) is -1.46. The molecule has 1 amide bonds.